The molecule has 0 nitrogen and oxygen atoms in total. The predicted octanol–water partition coefficient (Wildman–Crippen LogP) is 11.8. The second-order valence-corrected chi connectivity index (χ2v) is 12.0. The Hall–Kier alpha value is 0. The van der Waals surface area contributed by atoms with Crippen molar-refractivity contribution in [2.75, 3.05) is 0 Å². The summed E-state index contributed by atoms with van der Waals surface area (Å²) in [5.74, 6) is 3.37. The van der Waals surface area contributed by atoms with Crippen LogP contribution in [0, 0.1) is 17.8 Å². The van der Waals surface area contributed by atoms with Gasteiger partial charge in [-0.3, -0.25) is 0 Å². The number of fused-ring (bicyclic) bond motifs is 1. The Morgan fingerprint density at radius 3 is 1.28 bits per heavy atom. The zero-order chi connectivity index (χ0) is 22.5. The fraction of sp³-hybridized carbons (Fsp3) is 1.00. The van der Waals surface area contributed by atoms with Crippen LogP contribution < -0.4 is 0 Å². The summed E-state index contributed by atoms with van der Waals surface area (Å²) in [6, 6.07) is 0. The maximum Gasteiger partial charge on any atom is -0.0383 e. The lowest BCUT2D eigenvalue weighted by atomic mass is 9.67. The van der Waals surface area contributed by atoms with Gasteiger partial charge < -0.3 is 0 Å². The molecule has 2 saturated carbocycles. The van der Waals surface area contributed by atoms with Gasteiger partial charge in [0.25, 0.3) is 0 Å². The summed E-state index contributed by atoms with van der Waals surface area (Å²) in [4.78, 5) is 0. The molecule has 0 heterocycles. The molecule has 32 heavy (non-hydrogen) atoms. The molecule has 0 heteroatoms. The molecule has 0 aromatic heterocycles. The van der Waals surface area contributed by atoms with Crippen LogP contribution in [0.3, 0.4) is 0 Å². The minimum absolute atomic E-state index is 1.10. The third kappa shape index (κ3) is 14.3. The highest BCUT2D eigenvalue weighted by atomic mass is 14.4. The molecule has 3 unspecified atom stereocenters. The van der Waals surface area contributed by atoms with E-state index in [2.05, 4.69) is 6.92 Å². The normalized spacial score (nSPS) is 23.3. The standard InChI is InChI=1S/C32H62/c1-2-3-4-5-6-7-8-9-10-11-12-13-14-15-16-17-18-19-20-21-24-30-27-28-31-25-22-23-26-32(31)29-30/h30-32H,2-29H2,1H3. The number of unbranched alkanes of at least 4 members (excludes halogenated alkanes) is 19. The molecule has 0 bridgehead atoms. The van der Waals surface area contributed by atoms with Crippen molar-refractivity contribution >= 4 is 0 Å². The molecule has 2 aliphatic rings. The van der Waals surface area contributed by atoms with Gasteiger partial charge in [0.15, 0.2) is 0 Å². The lowest BCUT2D eigenvalue weighted by Gasteiger charge is -2.39. The number of hydrogen-bond donors (Lipinski definition) is 0. The molecule has 0 amide bonds. The highest BCUT2D eigenvalue weighted by Gasteiger charge is 2.31. The van der Waals surface area contributed by atoms with Crippen molar-refractivity contribution in [3.63, 3.8) is 0 Å². The summed E-state index contributed by atoms with van der Waals surface area (Å²) in [5.41, 5.74) is 0. The van der Waals surface area contributed by atoms with E-state index >= 15 is 0 Å². The first-order chi connectivity index (χ1) is 15.9. The van der Waals surface area contributed by atoms with Crippen LogP contribution in [0.4, 0.5) is 0 Å². The van der Waals surface area contributed by atoms with E-state index in [4.69, 9.17) is 0 Å². The fourth-order valence-electron chi connectivity index (χ4n) is 6.92. The maximum absolute atomic E-state index is 2.31. The molecule has 0 aliphatic heterocycles. The van der Waals surface area contributed by atoms with Crippen LogP contribution in [0.15, 0.2) is 0 Å². The topological polar surface area (TPSA) is 0 Å². The van der Waals surface area contributed by atoms with Gasteiger partial charge in [0.05, 0.1) is 0 Å². The molecule has 3 atom stereocenters. The van der Waals surface area contributed by atoms with Crippen molar-refractivity contribution in [2.24, 2.45) is 17.8 Å². The molecule has 0 radical (unpaired) electrons. The summed E-state index contributed by atoms with van der Waals surface area (Å²) in [6.07, 6.45) is 42.3. The van der Waals surface area contributed by atoms with Gasteiger partial charge in [-0.25, -0.2) is 0 Å². The highest BCUT2D eigenvalue weighted by Crippen LogP contribution is 2.43. The lowest BCUT2D eigenvalue weighted by Crippen LogP contribution is -2.27. The second kappa shape index (κ2) is 20.4. The van der Waals surface area contributed by atoms with E-state index in [0.29, 0.717) is 0 Å². The van der Waals surface area contributed by atoms with E-state index < -0.39 is 0 Å². The van der Waals surface area contributed by atoms with Gasteiger partial charge in [-0.05, 0) is 30.6 Å². The molecular formula is C32H62. The van der Waals surface area contributed by atoms with Crippen LogP contribution >= 0.6 is 0 Å². The van der Waals surface area contributed by atoms with E-state index in [9.17, 15) is 0 Å². The average Bonchev–Trinajstić information content (AvgIpc) is 2.82. The van der Waals surface area contributed by atoms with E-state index in [0.717, 1.165) is 17.8 Å². The van der Waals surface area contributed by atoms with Crippen LogP contribution in [-0.2, 0) is 0 Å². The summed E-state index contributed by atoms with van der Waals surface area (Å²) in [7, 11) is 0. The summed E-state index contributed by atoms with van der Waals surface area (Å²) in [5, 5.41) is 0. The molecule has 0 saturated heterocycles. The van der Waals surface area contributed by atoms with E-state index in [1.807, 2.05) is 0 Å². The van der Waals surface area contributed by atoms with Crippen molar-refractivity contribution in [2.45, 2.75) is 187 Å². The Morgan fingerprint density at radius 2 is 0.812 bits per heavy atom. The van der Waals surface area contributed by atoms with Gasteiger partial charge in [0.1, 0.15) is 0 Å². The van der Waals surface area contributed by atoms with Crippen molar-refractivity contribution in [1.82, 2.24) is 0 Å². The first kappa shape index (κ1) is 28.2. The summed E-state index contributed by atoms with van der Waals surface area (Å²) < 4.78 is 0. The third-order valence-corrected chi connectivity index (χ3v) is 9.11. The van der Waals surface area contributed by atoms with Crippen LogP contribution in [0.25, 0.3) is 0 Å². The van der Waals surface area contributed by atoms with E-state index in [-0.39, 0.29) is 0 Å². The average molecular weight is 447 g/mol. The smallest absolute Gasteiger partial charge is 0.0383 e. The molecule has 190 valence electrons. The SMILES string of the molecule is CCCCCCCCCCCCCCCCCCCCCCC1CCC2CCCCC2C1. The summed E-state index contributed by atoms with van der Waals surface area (Å²) in [6.45, 7) is 2.31. The molecule has 0 aromatic carbocycles. The number of rotatable bonds is 21. The van der Waals surface area contributed by atoms with Crippen molar-refractivity contribution in [3.8, 4) is 0 Å². The molecule has 0 N–H and O–H groups in total. The second-order valence-electron chi connectivity index (χ2n) is 12.0. The zero-order valence-electron chi connectivity index (χ0n) is 22.5. The Morgan fingerprint density at radius 1 is 0.406 bits per heavy atom. The van der Waals surface area contributed by atoms with Gasteiger partial charge in [-0.15, -0.1) is 0 Å². The van der Waals surface area contributed by atoms with Gasteiger partial charge in [-0.2, -0.15) is 0 Å². The van der Waals surface area contributed by atoms with E-state index in [1.54, 1.807) is 38.5 Å². The Kier molecular flexibility index (Phi) is 18.0. The largest absolute Gasteiger partial charge is 0.0654 e. The Labute approximate surface area is 204 Å². The van der Waals surface area contributed by atoms with Gasteiger partial charge in [-0.1, -0.05) is 174 Å². The molecule has 0 spiro atoms. The fourth-order valence-corrected chi connectivity index (χ4v) is 6.92. The van der Waals surface area contributed by atoms with Crippen molar-refractivity contribution in [1.29, 1.82) is 0 Å². The zero-order valence-corrected chi connectivity index (χ0v) is 22.5. The van der Waals surface area contributed by atoms with Crippen LogP contribution in [0.1, 0.15) is 187 Å². The molecule has 0 aromatic rings. The van der Waals surface area contributed by atoms with Gasteiger partial charge in [0.2, 0.25) is 0 Å². The molecular weight excluding hydrogens is 384 g/mol. The maximum atomic E-state index is 2.31. The Bertz CT molecular complexity index is 385. The minimum atomic E-state index is 1.10. The van der Waals surface area contributed by atoms with Crippen molar-refractivity contribution in [3.05, 3.63) is 0 Å². The van der Waals surface area contributed by atoms with Gasteiger partial charge in [0, 0.05) is 0 Å². The van der Waals surface area contributed by atoms with Crippen LogP contribution in [-0.4, -0.2) is 0 Å². The highest BCUT2D eigenvalue weighted by molar-refractivity contribution is 4.83. The van der Waals surface area contributed by atoms with Crippen LogP contribution in [0.2, 0.25) is 0 Å². The minimum Gasteiger partial charge on any atom is -0.0654 e. The first-order valence-electron chi connectivity index (χ1n) is 15.9. The molecule has 2 aliphatic carbocycles. The van der Waals surface area contributed by atoms with Crippen LogP contribution in [0.5, 0.6) is 0 Å². The molecule has 2 rings (SSSR count). The van der Waals surface area contributed by atoms with Gasteiger partial charge >= 0.3 is 0 Å². The first-order valence-corrected chi connectivity index (χ1v) is 15.9. The number of hydrogen-bond acceptors (Lipinski definition) is 0. The lowest BCUT2D eigenvalue weighted by molar-refractivity contribution is 0.124. The predicted molar refractivity (Wildman–Crippen MR) is 145 cm³/mol. The third-order valence-electron chi connectivity index (χ3n) is 9.11. The Balaban J connectivity index is 1.22. The monoisotopic (exact) mass is 446 g/mol. The van der Waals surface area contributed by atoms with E-state index in [1.165, 1.54) is 141 Å². The van der Waals surface area contributed by atoms with Crippen molar-refractivity contribution < 1.29 is 0 Å². The quantitative estimate of drug-likeness (QED) is 0.154. The summed E-state index contributed by atoms with van der Waals surface area (Å²) >= 11 is 0. The molecule has 2 fully saturated rings.